The van der Waals surface area contributed by atoms with Crippen molar-refractivity contribution in [2.75, 3.05) is 17.2 Å². The fourth-order valence-corrected chi connectivity index (χ4v) is 2.39. The molecule has 0 atom stereocenters. The number of benzene rings is 1. The first-order valence-electron chi connectivity index (χ1n) is 8.89. The minimum atomic E-state index is -4.68. The molecule has 31 heavy (non-hydrogen) atoms. The Labute approximate surface area is 173 Å². The Morgan fingerprint density at radius 1 is 0.903 bits per heavy atom. The molecule has 0 unspecified atom stereocenters. The normalized spacial score (nSPS) is 12.0. The minimum Gasteiger partial charge on any atom is -0.389 e. The standard InChI is InChI=1S/C19H17F5N6O/c1-18(2,31)9-25-16-28-15(13-4-3-5-14(27-13)19(22,23)24)29-17(30-16)26-12-7-10(20)6-11(21)8-12/h3-8,31H,9H2,1-2H3,(H2,25,26,28,29,30). The monoisotopic (exact) mass is 440 g/mol. The Morgan fingerprint density at radius 2 is 1.55 bits per heavy atom. The second-order valence-electron chi connectivity index (χ2n) is 7.16. The lowest BCUT2D eigenvalue weighted by Gasteiger charge is -2.18. The number of aliphatic hydroxyl groups is 1. The van der Waals surface area contributed by atoms with Gasteiger partial charge in [0, 0.05) is 18.3 Å². The summed E-state index contributed by atoms with van der Waals surface area (Å²) in [6, 6.07) is 5.86. The van der Waals surface area contributed by atoms with Gasteiger partial charge in [0.1, 0.15) is 23.0 Å². The van der Waals surface area contributed by atoms with Crippen LogP contribution in [0.15, 0.2) is 36.4 Å². The van der Waals surface area contributed by atoms with Gasteiger partial charge in [-0.25, -0.2) is 13.8 Å². The van der Waals surface area contributed by atoms with Crippen LogP contribution in [-0.4, -0.2) is 37.2 Å². The Kier molecular flexibility index (Phi) is 6.02. The third-order valence-corrected chi connectivity index (χ3v) is 3.70. The molecule has 0 amide bonds. The van der Waals surface area contributed by atoms with Gasteiger partial charge in [-0.15, -0.1) is 0 Å². The van der Waals surface area contributed by atoms with Gasteiger partial charge in [0.2, 0.25) is 11.9 Å². The van der Waals surface area contributed by atoms with Crippen molar-refractivity contribution in [3.8, 4) is 11.5 Å². The number of rotatable bonds is 6. The molecule has 12 heteroatoms. The van der Waals surface area contributed by atoms with Crippen LogP contribution in [0.4, 0.5) is 39.5 Å². The zero-order valence-corrected chi connectivity index (χ0v) is 16.3. The van der Waals surface area contributed by atoms with Crippen LogP contribution in [0.5, 0.6) is 0 Å². The van der Waals surface area contributed by atoms with E-state index in [4.69, 9.17) is 0 Å². The number of nitrogens with zero attached hydrogens (tertiary/aromatic N) is 4. The van der Waals surface area contributed by atoms with E-state index < -0.39 is 29.1 Å². The molecular formula is C19H17F5N6O. The van der Waals surface area contributed by atoms with E-state index in [1.54, 1.807) is 0 Å². The Balaban J connectivity index is 2.02. The minimum absolute atomic E-state index is 0.000502. The maximum Gasteiger partial charge on any atom is 0.433 e. The fourth-order valence-electron chi connectivity index (χ4n) is 2.39. The van der Waals surface area contributed by atoms with E-state index in [1.165, 1.54) is 19.9 Å². The topological polar surface area (TPSA) is 95.8 Å². The smallest absolute Gasteiger partial charge is 0.389 e. The van der Waals surface area contributed by atoms with Gasteiger partial charge in [0.15, 0.2) is 5.82 Å². The first-order chi connectivity index (χ1) is 14.4. The van der Waals surface area contributed by atoms with E-state index in [2.05, 4.69) is 30.6 Å². The number of nitrogens with one attached hydrogen (secondary N) is 2. The third-order valence-electron chi connectivity index (χ3n) is 3.70. The lowest BCUT2D eigenvalue weighted by atomic mass is 10.1. The van der Waals surface area contributed by atoms with Crippen molar-refractivity contribution in [2.45, 2.75) is 25.6 Å². The van der Waals surface area contributed by atoms with Crippen molar-refractivity contribution >= 4 is 17.6 Å². The summed E-state index contributed by atoms with van der Waals surface area (Å²) >= 11 is 0. The van der Waals surface area contributed by atoms with E-state index >= 15 is 0 Å². The maximum atomic E-state index is 13.5. The SMILES string of the molecule is CC(C)(O)CNc1nc(Nc2cc(F)cc(F)c2)nc(-c2cccc(C(F)(F)F)n2)n1. The molecule has 2 heterocycles. The van der Waals surface area contributed by atoms with E-state index in [0.717, 1.165) is 24.3 Å². The molecule has 0 saturated heterocycles. The van der Waals surface area contributed by atoms with Crippen LogP contribution in [0.1, 0.15) is 19.5 Å². The first-order valence-corrected chi connectivity index (χ1v) is 8.89. The van der Waals surface area contributed by atoms with Gasteiger partial charge >= 0.3 is 6.18 Å². The van der Waals surface area contributed by atoms with Gasteiger partial charge in [-0.2, -0.15) is 28.1 Å². The predicted molar refractivity (Wildman–Crippen MR) is 102 cm³/mol. The van der Waals surface area contributed by atoms with Crippen LogP contribution in [0.3, 0.4) is 0 Å². The molecule has 1 aromatic carbocycles. The van der Waals surface area contributed by atoms with Gasteiger partial charge in [-0.3, -0.25) is 0 Å². The van der Waals surface area contributed by atoms with E-state index in [0.29, 0.717) is 6.07 Å². The zero-order chi connectivity index (χ0) is 22.8. The molecule has 3 rings (SSSR count). The fraction of sp³-hybridized carbons (Fsp3) is 0.263. The number of alkyl halides is 3. The summed E-state index contributed by atoms with van der Waals surface area (Å²) in [7, 11) is 0. The summed E-state index contributed by atoms with van der Waals surface area (Å²) in [5, 5.41) is 15.2. The Bertz CT molecular complexity index is 1060. The van der Waals surface area contributed by atoms with Crippen molar-refractivity contribution in [2.24, 2.45) is 0 Å². The highest BCUT2D eigenvalue weighted by Gasteiger charge is 2.32. The highest BCUT2D eigenvalue weighted by Crippen LogP contribution is 2.29. The highest BCUT2D eigenvalue weighted by molar-refractivity contribution is 5.59. The second-order valence-corrected chi connectivity index (χ2v) is 7.16. The molecule has 0 fully saturated rings. The summed E-state index contributed by atoms with van der Waals surface area (Å²) in [6.07, 6.45) is -4.68. The van der Waals surface area contributed by atoms with Crippen LogP contribution in [0.2, 0.25) is 0 Å². The Hall–Kier alpha value is -3.41. The summed E-state index contributed by atoms with van der Waals surface area (Å²) < 4.78 is 66.0. The molecular weight excluding hydrogens is 423 g/mol. The number of halogens is 5. The van der Waals surface area contributed by atoms with Crippen molar-refractivity contribution in [1.82, 2.24) is 19.9 Å². The molecule has 0 aliphatic rings. The highest BCUT2D eigenvalue weighted by atomic mass is 19.4. The quantitative estimate of drug-likeness (QED) is 0.496. The van der Waals surface area contributed by atoms with Crippen LogP contribution in [0, 0.1) is 11.6 Å². The van der Waals surface area contributed by atoms with Gasteiger partial charge < -0.3 is 15.7 Å². The average Bonchev–Trinajstić information content (AvgIpc) is 2.64. The van der Waals surface area contributed by atoms with Crippen LogP contribution >= 0.6 is 0 Å². The lowest BCUT2D eigenvalue weighted by molar-refractivity contribution is -0.141. The second kappa shape index (κ2) is 8.38. The summed E-state index contributed by atoms with van der Waals surface area (Å²) in [4.78, 5) is 15.6. The number of aromatic nitrogens is 4. The van der Waals surface area contributed by atoms with Crippen LogP contribution in [0.25, 0.3) is 11.5 Å². The van der Waals surface area contributed by atoms with E-state index in [-0.39, 0.29) is 35.6 Å². The largest absolute Gasteiger partial charge is 0.433 e. The van der Waals surface area contributed by atoms with Gasteiger partial charge in [0.05, 0.1) is 5.60 Å². The Morgan fingerprint density at radius 3 is 2.16 bits per heavy atom. The third kappa shape index (κ3) is 6.28. The van der Waals surface area contributed by atoms with E-state index in [1.807, 2.05) is 0 Å². The first kappa shape index (κ1) is 22.3. The maximum absolute atomic E-state index is 13.5. The molecule has 0 aliphatic heterocycles. The summed E-state index contributed by atoms with van der Waals surface area (Å²) in [6.45, 7) is 3.04. The summed E-state index contributed by atoms with van der Waals surface area (Å²) in [5.74, 6) is -2.22. The summed E-state index contributed by atoms with van der Waals surface area (Å²) in [5.41, 5.74) is -2.52. The average molecular weight is 440 g/mol. The number of pyridine rings is 1. The molecule has 0 aliphatic carbocycles. The number of hydrogen-bond acceptors (Lipinski definition) is 7. The lowest BCUT2D eigenvalue weighted by Crippen LogP contribution is -2.30. The van der Waals surface area contributed by atoms with Crippen molar-refractivity contribution in [1.29, 1.82) is 0 Å². The predicted octanol–water partition coefficient (Wildman–Crippen LogP) is 4.16. The zero-order valence-electron chi connectivity index (χ0n) is 16.3. The van der Waals surface area contributed by atoms with Crippen molar-refractivity contribution in [3.63, 3.8) is 0 Å². The van der Waals surface area contributed by atoms with Crippen molar-refractivity contribution in [3.05, 3.63) is 53.7 Å². The van der Waals surface area contributed by atoms with E-state index in [9.17, 15) is 27.1 Å². The molecule has 3 aromatic rings. The van der Waals surface area contributed by atoms with Gasteiger partial charge in [0.25, 0.3) is 0 Å². The molecule has 3 N–H and O–H groups in total. The molecule has 0 radical (unpaired) electrons. The molecule has 7 nitrogen and oxygen atoms in total. The van der Waals surface area contributed by atoms with Crippen molar-refractivity contribution < 1.29 is 27.1 Å². The molecule has 164 valence electrons. The van der Waals surface area contributed by atoms with Crippen LogP contribution < -0.4 is 10.6 Å². The molecule has 0 spiro atoms. The van der Waals surface area contributed by atoms with Gasteiger partial charge in [-0.1, -0.05) is 6.07 Å². The number of hydrogen-bond donors (Lipinski definition) is 3. The van der Waals surface area contributed by atoms with Gasteiger partial charge in [-0.05, 0) is 38.1 Å². The molecule has 0 saturated carbocycles. The number of anilines is 3. The molecule has 2 aromatic heterocycles. The molecule has 0 bridgehead atoms. The van der Waals surface area contributed by atoms with Crippen LogP contribution in [-0.2, 0) is 6.18 Å².